The first-order valence-electron chi connectivity index (χ1n) is 14.5. The van der Waals surface area contributed by atoms with Gasteiger partial charge in [0.15, 0.2) is 0 Å². The van der Waals surface area contributed by atoms with Gasteiger partial charge in [-0.3, -0.25) is 9.69 Å². The maximum absolute atomic E-state index is 13.4. The predicted molar refractivity (Wildman–Crippen MR) is 142 cm³/mol. The van der Waals surface area contributed by atoms with Crippen LogP contribution in [-0.4, -0.2) is 66.9 Å². The maximum atomic E-state index is 13.4. The van der Waals surface area contributed by atoms with Gasteiger partial charge in [0.05, 0.1) is 30.1 Å². The Hall–Kier alpha value is -2.22. The summed E-state index contributed by atoms with van der Waals surface area (Å²) in [6.07, 6.45) is 8.77. The number of esters is 1. The number of carbonyl (C=O) groups is 2. The van der Waals surface area contributed by atoms with Gasteiger partial charge in [0.25, 0.3) is 0 Å². The molecule has 11 atom stereocenters. The Morgan fingerprint density at radius 2 is 2.03 bits per heavy atom. The van der Waals surface area contributed by atoms with Crippen molar-refractivity contribution in [2.75, 3.05) is 32.1 Å². The lowest BCUT2D eigenvalue weighted by atomic mass is 9.44. The minimum atomic E-state index is -0.381. The number of para-hydroxylation sites is 1. The van der Waals surface area contributed by atoms with Gasteiger partial charge in [-0.25, -0.2) is 4.79 Å². The number of methoxy groups -OCH3 is 1. The van der Waals surface area contributed by atoms with Gasteiger partial charge in [0.2, 0.25) is 5.91 Å². The fraction of sp³-hybridized carbons (Fsp3) is 0.677. The van der Waals surface area contributed by atoms with Gasteiger partial charge in [-0.15, -0.1) is 0 Å². The van der Waals surface area contributed by atoms with Crippen molar-refractivity contribution in [3.05, 3.63) is 42.0 Å². The number of piperidine rings is 1. The quantitative estimate of drug-likeness (QED) is 0.439. The molecule has 1 heterocycles. The molecule has 5 fully saturated rings. The first kappa shape index (κ1) is 24.8. The number of anilines is 1. The third-order valence-electron chi connectivity index (χ3n) is 11.8. The van der Waals surface area contributed by atoms with E-state index in [9.17, 15) is 14.7 Å². The maximum Gasteiger partial charge on any atom is 0.340 e. The van der Waals surface area contributed by atoms with E-state index in [0.717, 1.165) is 38.8 Å². The van der Waals surface area contributed by atoms with E-state index in [4.69, 9.17) is 9.47 Å². The summed E-state index contributed by atoms with van der Waals surface area (Å²) in [5, 5.41) is 14.1. The van der Waals surface area contributed by atoms with Crippen LogP contribution in [0.4, 0.5) is 5.69 Å². The summed E-state index contributed by atoms with van der Waals surface area (Å²) >= 11 is 0. The second-order valence-electron chi connectivity index (χ2n) is 12.9. The largest absolute Gasteiger partial charge is 0.461 e. The smallest absolute Gasteiger partial charge is 0.340 e. The van der Waals surface area contributed by atoms with Crippen LogP contribution < -0.4 is 5.32 Å². The Kier molecular flexibility index (Phi) is 5.64. The first-order valence-corrected chi connectivity index (χ1v) is 14.5. The number of aliphatic hydroxyl groups excluding tert-OH is 1. The molecule has 0 radical (unpaired) electrons. The normalized spacial score (nSPS) is 45.6. The molecular formula is C31H40N2O5. The summed E-state index contributed by atoms with van der Waals surface area (Å²) < 4.78 is 12.6. The summed E-state index contributed by atoms with van der Waals surface area (Å²) in [5.74, 6) is 1.72. The molecule has 7 rings (SSSR count). The third-order valence-corrected chi connectivity index (χ3v) is 11.8. The minimum absolute atomic E-state index is 0.0185. The fourth-order valence-electron chi connectivity index (χ4n) is 10.8. The van der Waals surface area contributed by atoms with E-state index in [1.165, 1.54) is 6.92 Å². The van der Waals surface area contributed by atoms with E-state index in [1.807, 2.05) is 13.2 Å². The number of allylic oxidation sites excluding steroid dienone is 1. The number of fused-ring (bicyclic) bond motifs is 2. The van der Waals surface area contributed by atoms with Crippen LogP contribution in [-0.2, 0) is 14.3 Å². The molecule has 7 bridgehead atoms. The van der Waals surface area contributed by atoms with Crippen molar-refractivity contribution in [2.45, 2.75) is 57.8 Å². The van der Waals surface area contributed by atoms with Crippen LogP contribution in [0.15, 0.2) is 36.4 Å². The molecule has 7 heteroatoms. The Morgan fingerprint density at radius 1 is 1.21 bits per heavy atom. The van der Waals surface area contributed by atoms with Crippen molar-refractivity contribution in [2.24, 2.45) is 46.3 Å². The van der Waals surface area contributed by atoms with Gasteiger partial charge >= 0.3 is 5.97 Å². The lowest BCUT2D eigenvalue weighted by Gasteiger charge is -2.68. The fourth-order valence-corrected chi connectivity index (χ4v) is 10.8. The van der Waals surface area contributed by atoms with Crippen LogP contribution in [0.2, 0.25) is 0 Å². The highest BCUT2D eigenvalue weighted by Gasteiger charge is 2.79. The molecule has 5 aliphatic carbocycles. The number of likely N-dealkylation sites (tertiary alicyclic amines) is 1. The van der Waals surface area contributed by atoms with Gasteiger partial charge in [0, 0.05) is 43.4 Å². The molecule has 1 saturated heterocycles. The van der Waals surface area contributed by atoms with Crippen LogP contribution in [0.1, 0.15) is 49.9 Å². The van der Waals surface area contributed by atoms with Crippen molar-refractivity contribution in [3.8, 4) is 0 Å². The van der Waals surface area contributed by atoms with E-state index in [2.05, 4.69) is 29.3 Å². The molecule has 2 N–H and O–H groups in total. The molecule has 38 heavy (non-hydrogen) atoms. The van der Waals surface area contributed by atoms with Gasteiger partial charge in [-0.1, -0.05) is 31.2 Å². The van der Waals surface area contributed by atoms with Gasteiger partial charge in [-0.05, 0) is 74.0 Å². The molecule has 4 saturated carbocycles. The highest BCUT2D eigenvalue weighted by molar-refractivity contribution is 6.00. The van der Waals surface area contributed by atoms with Crippen molar-refractivity contribution in [1.29, 1.82) is 0 Å². The number of benzene rings is 1. The monoisotopic (exact) mass is 520 g/mol. The number of rotatable bonds is 6. The number of aliphatic hydroxyl groups is 1. The number of hydrogen-bond acceptors (Lipinski definition) is 6. The van der Waals surface area contributed by atoms with Gasteiger partial charge in [0.1, 0.15) is 0 Å². The Labute approximate surface area is 224 Å². The minimum Gasteiger partial charge on any atom is -0.461 e. The molecule has 1 aromatic rings. The van der Waals surface area contributed by atoms with E-state index >= 15 is 0 Å². The molecule has 1 spiro atoms. The Balaban J connectivity index is 1.26. The molecule has 1 aliphatic heterocycles. The predicted octanol–water partition coefficient (Wildman–Crippen LogP) is 3.74. The van der Waals surface area contributed by atoms with Gasteiger partial charge < -0.3 is 19.9 Å². The van der Waals surface area contributed by atoms with Crippen LogP contribution in [0.3, 0.4) is 0 Å². The molecule has 7 nitrogen and oxygen atoms in total. The average molecular weight is 521 g/mol. The van der Waals surface area contributed by atoms with Crippen LogP contribution >= 0.6 is 0 Å². The number of nitrogens with one attached hydrogen (secondary N) is 1. The first-order chi connectivity index (χ1) is 18.4. The summed E-state index contributed by atoms with van der Waals surface area (Å²) in [6, 6.07) is 7.53. The number of carbonyl (C=O) groups excluding carboxylic acids is 2. The lowest BCUT2D eigenvalue weighted by molar-refractivity contribution is -0.242. The van der Waals surface area contributed by atoms with Crippen LogP contribution in [0, 0.1) is 46.3 Å². The Bertz CT molecular complexity index is 1180. The zero-order valence-electron chi connectivity index (χ0n) is 22.6. The second kappa shape index (κ2) is 8.64. The number of amides is 1. The van der Waals surface area contributed by atoms with Crippen LogP contribution in [0.5, 0.6) is 0 Å². The highest BCUT2D eigenvalue weighted by atomic mass is 16.5. The number of ether oxygens (including phenoxy) is 2. The van der Waals surface area contributed by atoms with Gasteiger partial charge in [-0.2, -0.15) is 0 Å². The highest BCUT2D eigenvalue weighted by Crippen LogP contribution is 2.77. The number of hydrogen-bond donors (Lipinski definition) is 2. The molecule has 1 amide bonds. The van der Waals surface area contributed by atoms with Crippen LogP contribution in [0.25, 0.3) is 0 Å². The van der Waals surface area contributed by atoms with E-state index < -0.39 is 0 Å². The molecule has 0 aromatic heterocycles. The standard InChI is InChI=1S/C31H40N2O5/c1-4-33-15-30(16-38-29(36)20-7-5-6-8-23(20)32-17(2)34)12-11-25(37-3)31-22-13-18-9-10-19(26(22)27(18)35)21(28(31)33)14-24(30)31/h5-10,18-19,21-22,24-28,35H,4,11-16H2,1-3H3,(H,32,34)/t18-,19+,21+,22+,24+,25-,26+,27-,28+,30-,31+/m0/s1. The third kappa shape index (κ3) is 3.07. The molecule has 0 unspecified atom stereocenters. The number of nitrogens with zero attached hydrogens (tertiary/aromatic N) is 1. The SMILES string of the molecule is CCN1C[C@]2(COC(=O)c3ccccc3NC(C)=O)CC[C@H](OC)[C@@]34[C@@H]5C[C@@H]6C=C[C@H]([C@@H](C[C@H]23)[C@@H]14)[C@H]5[C@H]6O. The molecular weight excluding hydrogens is 480 g/mol. The van der Waals surface area contributed by atoms with Crippen molar-refractivity contribution < 1.29 is 24.2 Å². The van der Waals surface area contributed by atoms with Crippen molar-refractivity contribution >= 4 is 17.6 Å². The lowest BCUT2D eigenvalue weighted by Crippen LogP contribution is -2.73. The molecule has 6 aliphatic rings. The van der Waals surface area contributed by atoms with Crippen molar-refractivity contribution in [3.63, 3.8) is 0 Å². The van der Waals surface area contributed by atoms with Crippen molar-refractivity contribution in [1.82, 2.24) is 4.90 Å². The zero-order chi connectivity index (χ0) is 26.4. The van der Waals surface area contributed by atoms with E-state index in [-0.39, 0.29) is 40.8 Å². The van der Waals surface area contributed by atoms with E-state index in [1.54, 1.807) is 18.2 Å². The summed E-state index contributed by atoms with van der Waals surface area (Å²) in [4.78, 5) is 27.8. The topological polar surface area (TPSA) is 88.1 Å². The second-order valence-corrected chi connectivity index (χ2v) is 12.9. The Morgan fingerprint density at radius 3 is 2.79 bits per heavy atom. The zero-order valence-corrected chi connectivity index (χ0v) is 22.6. The summed E-state index contributed by atoms with van der Waals surface area (Å²) in [6.45, 7) is 5.99. The summed E-state index contributed by atoms with van der Waals surface area (Å²) in [5.41, 5.74) is 0.727. The molecule has 1 aromatic carbocycles. The summed E-state index contributed by atoms with van der Waals surface area (Å²) in [7, 11) is 1.88. The average Bonchev–Trinajstić information content (AvgIpc) is 3.25. The molecule has 204 valence electrons. The van der Waals surface area contributed by atoms with E-state index in [0.29, 0.717) is 53.5 Å².